The molecule has 1 aliphatic rings. The molecule has 1 N–H and O–H groups in total. The van der Waals surface area contributed by atoms with E-state index in [0.29, 0.717) is 40.5 Å². The Balaban J connectivity index is 1.55. The van der Waals surface area contributed by atoms with Crippen LogP contribution in [-0.4, -0.2) is 33.9 Å². The topological polar surface area (TPSA) is 118 Å². The maximum atomic E-state index is 13.0. The highest BCUT2D eigenvalue weighted by Crippen LogP contribution is 2.38. The number of halogens is 4. The van der Waals surface area contributed by atoms with Gasteiger partial charge < -0.3 is 19.4 Å². The number of nitrogens with one attached hydrogen (secondary N) is 1. The summed E-state index contributed by atoms with van der Waals surface area (Å²) >= 11 is 12.6. The Morgan fingerprint density at radius 3 is 2.36 bits per heavy atom. The molecule has 2 aromatic carbocycles. The lowest BCUT2D eigenvalue weighted by Crippen LogP contribution is -2.25. The number of carbonyl (C=O) groups is 1. The minimum atomic E-state index is -3.42. The molecule has 1 heterocycles. The summed E-state index contributed by atoms with van der Waals surface area (Å²) in [6.45, 7) is -2.74. The molecular weight excluding hydrogens is 617 g/mol. The third-order valence-electron chi connectivity index (χ3n) is 6.32. The molecule has 14 heteroatoms. The predicted molar refractivity (Wildman–Crippen MR) is 152 cm³/mol. The van der Waals surface area contributed by atoms with E-state index in [4.69, 9.17) is 32.7 Å². The van der Waals surface area contributed by atoms with E-state index in [9.17, 15) is 27.2 Å². The van der Waals surface area contributed by atoms with Crippen molar-refractivity contribution in [3.05, 3.63) is 86.8 Å². The molecule has 9 nitrogen and oxygen atoms in total. The van der Waals surface area contributed by atoms with Crippen molar-refractivity contribution in [2.45, 2.75) is 44.8 Å². The summed E-state index contributed by atoms with van der Waals surface area (Å²) in [7, 11) is -3.42. The zero-order valence-electron chi connectivity index (χ0n) is 22.4. The van der Waals surface area contributed by atoms with Crippen molar-refractivity contribution in [2.75, 3.05) is 17.6 Å². The van der Waals surface area contributed by atoms with Gasteiger partial charge in [-0.1, -0.05) is 41.4 Å². The molecule has 1 fully saturated rings. The van der Waals surface area contributed by atoms with Crippen LogP contribution in [0.15, 0.2) is 54.9 Å². The number of pyridine rings is 1. The number of aryl methyl sites for hydroxylation is 1. The molecule has 3 aromatic rings. The van der Waals surface area contributed by atoms with Crippen LogP contribution >= 0.6 is 23.2 Å². The van der Waals surface area contributed by atoms with Gasteiger partial charge in [0.2, 0.25) is 10.0 Å². The highest BCUT2D eigenvalue weighted by atomic mass is 35.5. The third kappa shape index (κ3) is 9.60. The van der Waals surface area contributed by atoms with Gasteiger partial charge >= 0.3 is 12.6 Å². The van der Waals surface area contributed by atoms with Gasteiger partial charge in [-0.2, -0.15) is 13.5 Å². The van der Waals surface area contributed by atoms with E-state index in [1.807, 2.05) is 0 Å². The summed E-state index contributed by atoms with van der Waals surface area (Å²) in [5.74, 6) is -0.324. The zero-order chi connectivity index (χ0) is 30.4. The van der Waals surface area contributed by atoms with E-state index >= 15 is 0 Å². The number of ether oxygens (including phenoxy) is 3. The molecule has 0 radical (unpaired) electrons. The van der Waals surface area contributed by atoms with Gasteiger partial charge in [-0.25, -0.2) is 8.42 Å². The second-order valence-electron chi connectivity index (χ2n) is 9.89. The Morgan fingerprint density at radius 1 is 1.10 bits per heavy atom. The smallest absolute Gasteiger partial charge is 0.387 e. The van der Waals surface area contributed by atoms with E-state index in [2.05, 4.69) is 9.46 Å². The van der Waals surface area contributed by atoms with Crippen LogP contribution < -0.4 is 18.9 Å². The summed E-state index contributed by atoms with van der Waals surface area (Å²) in [5.41, 5.74) is 1.92. The van der Waals surface area contributed by atoms with Crippen molar-refractivity contribution in [1.29, 1.82) is 0 Å². The van der Waals surface area contributed by atoms with Gasteiger partial charge in [-0.15, -0.1) is 0 Å². The maximum absolute atomic E-state index is 13.0. The van der Waals surface area contributed by atoms with E-state index < -0.39 is 28.7 Å². The molecule has 1 saturated carbocycles. The van der Waals surface area contributed by atoms with Gasteiger partial charge in [-0.05, 0) is 60.6 Å². The highest BCUT2D eigenvalue weighted by molar-refractivity contribution is 7.92. The molecule has 226 valence electrons. The molecule has 0 saturated heterocycles. The number of hydrogen-bond acceptors (Lipinski definition) is 7. The van der Waals surface area contributed by atoms with Gasteiger partial charge in [0.1, 0.15) is 16.1 Å². The van der Waals surface area contributed by atoms with Crippen LogP contribution in [0.2, 0.25) is 10.0 Å². The number of esters is 1. The number of aromatic nitrogens is 1. The Morgan fingerprint density at radius 2 is 1.76 bits per heavy atom. The lowest BCUT2D eigenvalue weighted by molar-refractivity contribution is -0.605. The highest BCUT2D eigenvalue weighted by Gasteiger charge is 2.26. The Bertz CT molecular complexity index is 1500. The van der Waals surface area contributed by atoms with E-state index in [0.717, 1.165) is 37.1 Å². The Labute approximate surface area is 251 Å². The molecule has 1 unspecified atom stereocenters. The number of anilines is 1. The minimum Gasteiger partial charge on any atom is -0.619 e. The number of rotatable bonds is 14. The van der Waals surface area contributed by atoms with Crippen LogP contribution in [0.1, 0.15) is 42.1 Å². The lowest BCUT2D eigenvalue weighted by Gasteiger charge is -2.21. The van der Waals surface area contributed by atoms with Crippen LogP contribution in [0.25, 0.3) is 0 Å². The van der Waals surface area contributed by atoms with Crippen LogP contribution in [0.5, 0.6) is 11.5 Å². The van der Waals surface area contributed by atoms with E-state index in [-0.39, 0.29) is 34.4 Å². The first-order chi connectivity index (χ1) is 19.9. The number of hydrogen-bond donors (Lipinski definition) is 1. The Hall–Kier alpha value is -3.35. The van der Waals surface area contributed by atoms with Crippen molar-refractivity contribution in [3.63, 3.8) is 0 Å². The van der Waals surface area contributed by atoms with Crippen LogP contribution in [-0.2, 0) is 32.4 Å². The number of sulfonamides is 1. The first kappa shape index (κ1) is 31.6. The lowest BCUT2D eigenvalue weighted by atomic mass is 10.0. The average molecular weight is 646 g/mol. The zero-order valence-corrected chi connectivity index (χ0v) is 24.7. The normalized spacial score (nSPS) is 14.0. The molecular formula is C28H28Cl2F2N2O7S. The predicted octanol–water partition coefficient (Wildman–Crippen LogP) is 5.85. The average Bonchev–Trinajstić information content (AvgIpc) is 3.72. The second-order valence-corrected chi connectivity index (χ2v) is 12.4. The van der Waals surface area contributed by atoms with Crippen LogP contribution in [0, 0.1) is 11.1 Å². The van der Waals surface area contributed by atoms with Crippen molar-refractivity contribution in [1.82, 2.24) is 0 Å². The number of alkyl halides is 2. The number of carbonyl (C=O) groups excluding carboxylic acids is 1. The monoisotopic (exact) mass is 644 g/mol. The maximum Gasteiger partial charge on any atom is 0.387 e. The summed E-state index contributed by atoms with van der Waals surface area (Å²) in [4.78, 5) is 13.0. The van der Waals surface area contributed by atoms with Crippen molar-refractivity contribution < 1.29 is 40.9 Å². The Kier molecular flexibility index (Phi) is 10.3. The minimum absolute atomic E-state index is 0.0206. The van der Waals surface area contributed by atoms with Crippen molar-refractivity contribution in [3.8, 4) is 11.5 Å². The molecule has 4 rings (SSSR count). The first-order valence-electron chi connectivity index (χ1n) is 12.9. The molecule has 0 bridgehead atoms. The molecule has 1 atom stereocenters. The van der Waals surface area contributed by atoms with Crippen molar-refractivity contribution in [2.24, 2.45) is 5.92 Å². The molecule has 0 spiro atoms. The quantitative estimate of drug-likeness (QED) is 0.133. The summed E-state index contributed by atoms with van der Waals surface area (Å²) in [5, 5.41) is 11.9. The van der Waals surface area contributed by atoms with Crippen LogP contribution in [0.4, 0.5) is 14.5 Å². The van der Waals surface area contributed by atoms with Gasteiger partial charge in [0.15, 0.2) is 23.9 Å². The molecule has 42 heavy (non-hydrogen) atoms. The largest absolute Gasteiger partial charge is 0.619 e. The van der Waals surface area contributed by atoms with Gasteiger partial charge in [0, 0.05) is 24.1 Å². The summed E-state index contributed by atoms with van der Waals surface area (Å²) in [6.07, 6.45) is 4.52. The third-order valence-corrected chi connectivity index (χ3v) is 7.58. The molecule has 0 aliphatic heterocycles. The van der Waals surface area contributed by atoms with Crippen molar-refractivity contribution >= 4 is 44.9 Å². The molecule has 0 amide bonds. The van der Waals surface area contributed by atoms with Gasteiger partial charge in [0.25, 0.3) is 0 Å². The number of nitrogens with zero attached hydrogens (tertiary/aromatic N) is 1. The fourth-order valence-electron chi connectivity index (χ4n) is 4.08. The fourth-order valence-corrected chi connectivity index (χ4v) is 5.24. The fraction of sp³-hybridized carbons (Fsp3) is 0.357. The second kappa shape index (κ2) is 13.7. The summed E-state index contributed by atoms with van der Waals surface area (Å²) in [6, 6.07) is 10.8. The standard InChI is InChI=1S/C28H28Cl2F2N2O7S/c1-42(37,38)33-20-8-4-17(5-9-20)6-11-27(35)40-25(13-21-22(29)14-34(36)15-23(21)30)19-7-10-24(41-28(31)32)26(12-19)39-16-18-2-3-18/h4-5,7-10,12,14-15,18,25,28,33H,2-3,6,11,13,16H2,1H3. The van der Waals surface area contributed by atoms with Gasteiger partial charge in [0.05, 0.1) is 12.9 Å². The molecule has 1 aliphatic carbocycles. The van der Waals surface area contributed by atoms with E-state index in [1.165, 1.54) is 18.2 Å². The number of benzene rings is 2. The van der Waals surface area contributed by atoms with Crippen LogP contribution in [0.3, 0.4) is 0 Å². The molecule has 1 aromatic heterocycles. The summed E-state index contributed by atoms with van der Waals surface area (Å²) < 4.78 is 67.9. The van der Waals surface area contributed by atoms with Gasteiger partial charge in [-0.3, -0.25) is 9.52 Å². The van der Waals surface area contributed by atoms with E-state index in [1.54, 1.807) is 24.3 Å². The SMILES string of the molecule is CS(=O)(=O)Nc1ccc(CCC(=O)OC(Cc2c(Cl)c[n+]([O-])cc2Cl)c2ccc(OC(F)F)c(OCC3CC3)c2)cc1. The first-order valence-corrected chi connectivity index (χ1v) is 15.6.